The number of ether oxygens (including phenoxy) is 1. The van der Waals surface area contributed by atoms with Gasteiger partial charge >= 0.3 is 11.8 Å². The molecule has 0 spiro atoms. The highest BCUT2D eigenvalue weighted by Gasteiger charge is 2.12. The quantitative estimate of drug-likeness (QED) is 0.619. The Labute approximate surface area is 102 Å². The van der Waals surface area contributed by atoms with Crippen molar-refractivity contribution < 1.29 is 24.2 Å². The first-order valence-corrected chi connectivity index (χ1v) is 5.14. The molecule has 6 nitrogen and oxygen atoms in total. The van der Waals surface area contributed by atoms with Crippen molar-refractivity contribution in [3.8, 4) is 11.5 Å². The monoisotopic (exact) mass is 300 g/mol. The zero-order valence-corrected chi connectivity index (χ0v) is 9.72. The van der Waals surface area contributed by atoms with Gasteiger partial charge in [0.05, 0.1) is 15.9 Å². The van der Waals surface area contributed by atoms with E-state index in [0.717, 1.165) is 6.07 Å². The van der Waals surface area contributed by atoms with Crippen LogP contribution in [0.2, 0.25) is 0 Å². The summed E-state index contributed by atoms with van der Waals surface area (Å²) in [4.78, 5) is 21.6. The van der Waals surface area contributed by atoms with Crippen LogP contribution < -0.4 is 10.4 Å². The Balaban J connectivity index is 2.78. The van der Waals surface area contributed by atoms with Gasteiger partial charge < -0.3 is 19.4 Å². The molecular weight excluding hydrogens is 296 g/mol. The molecule has 17 heavy (non-hydrogen) atoms. The van der Waals surface area contributed by atoms with Crippen molar-refractivity contribution in [3.63, 3.8) is 0 Å². The number of rotatable bonds is 1. The number of phenols is 1. The molecule has 88 valence electrons. The van der Waals surface area contributed by atoms with E-state index >= 15 is 0 Å². The van der Waals surface area contributed by atoms with Crippen LogP contribution in [0.5, 0.6) is 11.5 Å². The highest BCUT2D eigenvalue weighted by molar-refractivity contribution is 9.10. The van der Waals surface area contributed by atoms with Crippen LogP contribution in [0.1, 0.15) is 0 Å². The third kappa shape index (κ3) is 2.23. The first-order chi connectivity index (χ1) is 7.97. The zero-order chi connectivity index (χ0) is 12.6. The Hall–Kier alpha value is -2.02. The van der Waals surface area contributed by atoms with Crippen LogP contribution >= 0.6 is 15.9 Å². The van der Waals surface area contributed by atoms with E-state index in [1.165, 1.54) is 12.1 Å². The minimum atomic E-state index is -1.54. The molecule has 0 aliphatic carbocycles. The van der Waals surface area contributed by atoms with E-state index in [2.05, 4.69) is 20.7 Å². The van der Waals surface area contributed by atoms with Gasteiger partial charge in [0, 0.05) is 6.07 Å². The standard InChI is InChI=1S/C10H5BrO6/c11-5-1-4-7(2-6(5)12)16-9(13)3-8(4)17-10(14)15/h1-3,12H,(H,14,15). The molecule has 0 amide bonds. The van der Waals surface area contributed by atoms with Gasteiger partial charge in [0.1, 0.15) is 11.3 Å². The molecule has 0 fully saturated rings. The molecule has 2 N–H and O–H groups in total. The summed E-state index contributed by atoms with van der Waals surface area (Å²) in [6.07, 6.45) is -1.54. The Bertz CT molecular complexity index is 660. The van der Waals surface area contributed by atoms with Crippen LogP contribution in [0.4, 0.5) is 4.79 Å². The molecule has 0 atom stereocenters. The predicted octanol–water partition coefficient (Wildman–Crippen LogP) is 2.32. The molecule has 0 unspecified atom stereocenters. The molecule has 0 saturated heterocycles. The van der Waals surface area contributed by atoms with Crippen molar-refractivity contribution in [1.29, 1.82) is 0 Å². The van der Waals surface area contributed by atoms with Gasteiger partial charge in [-0.05, 0) is 22.0 Å². The van der Waals surface area contributed by atoms with E-state index in [1.807, 2.05) is 0 Å². The molecule has 7 heteroatoms. The molecule has 1 aromatic carbocycles. The maximum absolute atomic E-state index is 11.1. The first kappa shape index (κ1) is 11.5. The third-order valence-electron chi connectivity index (χ3n) is 1.97. The van der Waals surface area contributed by atoms with E-state index in [9.17, 15) is 14.7 Å². The summed E-state index contributed by atoms with van der Waals surface area (Å²) in [7, 11) is 0. The fourth-order valence-corrected chi connectivity index (χ4v) is 1.66. The van der Waals surface area contributed by atoms with Crippen molar-refractivity contribution >= 4 is 33.1 Å². The minimum Gasteiger partial charge on any atom is -0.507 e. The number of phenolic OH excluding ortho intramolecular Hbond substituents is 1. The van der Waals surface area contributed by atoms with E-state index in [0.29, 0.717) is 4.47 Å². The van der Waals surface area contributed by atoms with Crippen LogP contribution in [0.15, 0.2) is 31.9 Å². The topological polar surface area (TPSA) is 97.0 Å². The van der Waals surface area contributed by atoms with Gasteiger partial charge in [-0.3, -0.25) is 0 Å². The van der Waals surface area contributed by atoms with Crippen LogP contribution in [0, 0.1) is 0 Å². The molecule has 2 aromatic rings. The summed E-state index contributed by atoms with van der Waals surface area (Å²) in [5.41, 5.74) is -0.732. The van der Waals surface area contributed by atoms with Crippen LogP contribution in [-0.4, -0.2) is 16.4 Å². The number of benzene rings is 1. The molecule has 1 heterocycles. The fourth-order valence-electron chi connectivity index (χ4n) is 1.32. The molecule has 0 aliphatic heterocycles. The zero-order valence-electron chi connectivity index (χ0n) is 8.14. The van der Waals surface area contributed by atoms with Gasteiger partial charge in [0.15, 0.2) is 5.75 Å². The smallest absolute Gasteiger partial charge is 0.507 e. The third-order valence-corrected chi connectivity index (χ3v) is 2.61. The average Bonchev–Trinajstić information content (AvgIpc) is 2.20. The average molecular weight is 301 g/mol. The minimum absolute atomic E-state index is 0.0365. The lowest BCUT2D eigenvalue weighted by Crippen LogP contribution is -2.06. The molecule has 1 aromatic heterocycles. The van der Waals surface area contributed by atoms with Crippen molar-refractivity contribution in [3.05, 3.63) is 33.1 Å². The van der Waals surface area contributed by atoms with Gasteiger partial charge in [-0.2, -0.15) is 0 Å². The van der Waals surface area contributed by atoms with E-state index in [-0.39, 0.29) is 22.5 Å². The summed E-state index contributed by atoms with van der Waals surface area (Å²) >= 11 is 3.06. The lowest BCUT2D eigenvalue weighted by atomic mass is 10.2. The van der Waals surface area contributed by atoms with Crippen LogP contribution in [0.25, 0.3) is 11.0 Å². The van der Waals surface area contributed by atoms with Crippen molar-refractivity contribution in [2.75, 3.05) is 0 Å². The Morgan fingerprint density at radius 1 is 1.35 bits per heavy atom. The second-order valence-electron chi connectivity index (χ2n) is 3.10. The molecule has 0 bridgehead atoms. The van der Waals surface area contributed by atoms with Gasteiger partial charge in [0.2, 0.25) is 0 Å². The van der Waals surface area contributed by atoms with E-state index < -0.39 is 11.8 Å². The number of aromatic hydroxyl groups is 1. The molecular formula is C10H5BrO6. The Morgan fingerprint density at radius 2 is 2.06 bits per heavy atom. The van der Waals surface area contributed by atoms with Crippen LogP contribution in [0.3, 0.4) is 0 Å². The maximum atomic E-state index is 11.1. The Kier molecular flexibility index (Phi) is 2.76. The second kappa shape index (κ2) is 4.10. The van der Waals surface area contributed by atoms with Crippen molar-refractivity contribution in [2.24, 2.45) is 0 Å². The number of fused-ring (bicyclic) bond motifs is 1. The van der Waals surface area contributed by atoms with E-state index in [1.54, 1.807) is 0 Å². The first-order valence-electron chi connectivity index (χ1n) is 4.34. The van der Waals surface area contributed by atoms with Gasteiger partial charge in [-0.1, -0.05) is 0 Å². The summed E-state index contributed by atoms with van der Waals surface area (Å²) < 4.78 is 9.60. The highest BCUT2D eigenvalue weighted by Crippen LogP contribution is 2.33. The van der Waals surface area contributed by atoms with Crippen molar-refractivity contribution in [2.45, 2.75) is 0 Å². The lowest BCUT2D eigenvalue weighted by Gasteiger charge is -2.05. The summed E-state index contributed by atoms with van der Waals surface area (Å²) in [5, 5.41) is 18.2. The Morgan fingerprint density at radius 3 is 2.71 bits per heavy atom. The van der Waals surface area contributed by atoms with E-state index in [4.69, 9.17) is 9.52 Å². The number of carboxylic acid groups (broad SMARTS) is 1. The van der Waals surface area contributed by atoms with Gasteiger partial charge in [0.25, 0.3) is 0 Å². The van der Waals surface area contributed by atoms with Gasteiger partial charge in [-0.25, -0.2) is 9.59 Å². The summed E-state index contributed by atoms with van der Waals surface area (Å²) in [6.45, 7) is 0. The highest BCUT2D eigenvalue weighted by atomic mass is 79.9. The molecule has 0 aliphatic rings. The fraction of sp³-hybridized carbons (Fsp3) is 0. The normalized spacial score (nSPS) is 10.4. The number of hydrogen-bond donors (Lipinski definition) is 2. The summed E-state index contributed by atoms with van der Waals surface area (Å²) in [5.74, 6) is -0.280. The number of hydrogen-bond acceptors (Lipinski definition) is 5. The largest absolute Gasteiger partial charge is 0.511 e. The predicted molar refractivity (Wildman–Crippen MR) is 60.5 cm³/mol. The lowest BCUT2D eigenvalue weighted by molar-refractivity contribution is 0.145. The number of halogens is 1. The van der Waals surface area contributed by atoms with Crippen LogP contribution in [-0.2, 0) is 0 Å². The summed E-state index contributed by atoms with van der Waals surface area (Å²) in [6, 6.07) is 3.50. The SMILES string of the molecule is O=C(O)Oc1cc(=O)oc2cc(O)c(Br)cc12. The maximum Gasteiger partial charge on any atom is 0.511 e. The van der Waals surface area contributed by atoms with Gasteiger partial charge in [-0.15, -0.1) is 0 Å². The molecule has 2 rings (SSSR count). The molecule has 0 saturated carbocycles. The number of carbonyl (C=O) groups is 1. The molecule has 0 radical (unpaired) electrons. The van der Waals surface area contributed by atoms with Crippen molar-refractivity contribution in [1.82, 2.24) is 0 Å². The second-order valence-corrected chi connectivity index (χ2v) is 3.95.